The van der Waals surface area contributed by atoms with Gasteiger partial charge in [0.25, 0.3) is 0 Å². The normalized spacial score (nSPS) is 12.0. The number of aromatic nitrogens is 3. The van der Waals surface area contributed by atoms with Crippen LogP contribution in [0.4, 0.5) is 0 Å². The van der Waals surface area contributed by atoms with Crippen molar-refractivity contribution < 1.29 is 47.9 Å². The lowest BCUT2D eigenvalue weighted by molar-refractivity contribution is -0.432. The van der Waals surface area contributed by atoms with E-state index in [2.05, 4.69) is 19.3 Å². The van der Waals surface area contributed by atoms with Crippen LogP contribution in [0.5, 0.6) is 23.3 Å². The number of nitrogens with zero attached hydrogens (tertiary/aromatic N) is 3. The van der Waals surface area contributed by atoms with Crippen LogP contribution < -0.4 is 18.9 Å². The van der Waals surface area contributed by atoms with Gasteiger partial charge in [0.1, 0.15) is 18.8 Å². The first kappa shape index (κ1) is 31.6. The molecule has 1 N–H and O–H groups in total. The third-order valence-corrected chi connectivity index (χ3v) is 7.66. The van der Waals surface area contributed by atoms with Gasteiger partial charge >= 0.3 is 11.9 Å². The molecule has 0 atom stereocenters. The zero-order chi connectivity index (χ0) is 32.8. The minimum Gasteiger partial charge on any atom is -0.484 e. The van der Waals surface area contributed by atoms with Gasteiger partial charge in [-0.25, -0.2) is 14.8 Å². The molecule has 14 heteroatoms. The maximum Gasteiger partial charge on any atom is 0.365 e. The summed E-state index contributed by atoms with van der Waals surface area (Å²) in [6.45, 7) is 0.298. The average Bonchev–Trinajstić information content (AvgIpc) is 3.45. The van der Waals surface area contributed by atoms with E-state index in [1.807, 2.05) is 60.7 Å². The molecule has 0 bridgehead atoms. The lowest BCUT2D eigenvalue weighted by Gasteiger charge is -2.17. The van der Waals surface area contributed by atoms with Gasteiger partial charge < -0.3 is 28.3 Å². The molecule has 1 aliphatic heterocycles. The summed E-state index contributed by atoms with van der Waals surface area (Å²) in [5, 5.41) is 12.1. The Balaban J connectivity index is 1.48. The molecule has 2 aromatic heterocycles. The summed E-state index contributed by atoms with van der Waals surface area (Å²) in [5.41, 5.74) is 2.23. The second-order valence-electron chi connectivity index (χ2n) is 9.86. The molecular formula is C33H27N3O10S. The van der Waals surface area contributed by atoms with Crippen molar-refractivity contribution >= 4 is 24.0 Å². The van der Waals surface area contributed by atoms with Crippen LogP contribution in [0.2, 0.25) is 0 Å². The van der Waals surface area contributed by atoms with Gasteiger partial charge in [-0.3, -0.25) is 0 Å². The molecule has 0 aliphatic carbocycles. The number of hydrogen-bond acceptors (Lipinski definition) is 13. The molecule has 6 rings (SSSR count). The summed E-state index contributed by atoms with van der Waals surface area (Å²) < 4.78 is 34.5. The second-order valence-corrected chi connectivity index (χ2v) is 10.6. The summed E-state index contributed by atoms with van der Waals surface area (Å²) in [7, 11) is 2.70. The number of ether oxygens (including phenoxy) is 5. The fourth-order valence-corrected chi connectivity index (χ4v) is 5.38. The van der Waals surface area contributed by atoms with Crippen molar-refractivity contribution in [3.05, 3.63) is 102 Å². The van der Waals surface area contributed by atoms with Crippen LogP contribution in [0.15, 0.2) is 89.8 Å². The molecule has 3 heterocycles. The number of benzene rings is 3. The Kier molecular flexibility index (Phi) is 9.64. The van der Waals surface area contributed by atoms with Gasteiger partial charge in [0.2, 0.25) is 11.8 Å². The van der Waals surface area contributed by atoms with E-state index in [4.69, 9.17) is 28.9 Å². The molecule has 13 nitrogen and oxygen atoms in total. The molecule has 0 fully saturated rings. The molecule has 0 radical (unpaired) electrons. The van der Waals surface area contributed by atoms with Crippen LogP contribution in [0.1, 0.15) is 26.5 Å². The van der Waals surface area contributed by atoms with Gasteiger partial charge in [0.15, 0.2) is 28.7 Å². The van der Waals surface area contributed by atoms with E-state index in [0.717, 1.165) is 12.0 Å². The standard InChI is InChI=1S/C33H27N3O10S/c1-40-30-24(21-9-5-3-6-10-21)31(35-29(34-30)22-11-7-4-8-12-22)44-33(38)26-28-27(42-17-18-43-28)25(32(37)41-2)36(26)19-20-13-15-23(16-14-20)47-46-45-39/h3-16,39H,17-19H2,1-2H3. The van der Waals surface area contributed by atoms with Crippen molar-refractivity contribution in [3.8, 4) is 45.8 Å². The van der Waals surface area contributed by atoms with Gasteiger partial charge in [-0.2, -0.15) is 9.97 Å². The quantitative estimate of drug-likeness (QED) is 0.0781. The van der Waals surface area contributed by atoms with E-state index in [1.54, 1.807) is 24.3 Å². The Hall–Kier alpha value is -5.41. The highest BCUT2D eigenvalue weighted by atomic mass is 32.2. The minimum absolute atomic E-state index is 0.0186. The molecule has 0 saturated heterocycles. The van der Waals surface area contributed by atoms with E-state index < -0.39 is 11.9 Å². The van der Waals surface area contributed by atoms with Crippen molar-refractivity contribution in [2.45, 2.75) is 11.4 Å². The number of carbonyl (C=O) groups excluding carboxylic acids is 2. The lowest BCUT2D eigenvalue weighted by Crippen LogP contribution is -2.21. The fourth-order valence-electron chi connectivity index (χ4n) is 5.02. The Bertz CT molecular complexity index is 1880. The largest absolute Gasteiger partial charge is 0.484 e. The maximum atomic E-state index is 14.3. The Morgan fingerprint density at radius 1 is 0.809 bits per heavy atom. The number of methoxy groups -OCH3 is 2. The molecule has 47 heavy (non-hydrogen) atoms. The van der Waals surface area contributed by atoms with Crippen LogP contribution in [-0.4, -0.2) is 59.2 Å². The topological polar surface area (TPSA) is 150 Å². The first-order chi connectivity index (χ1) is 23.0. The van der Waals surface area contributed by atoms with E-state index in [9.17, 15) is 9.59 Å². The van der Waals surface area contributed by atoms with Crippen LogP contribution >= 0.6 is 12.0 Å². The van der Waals surface area contributed by atoms with Crippen LogP contribution in [0.3, 0.4) is 0 Å². The van der Waals surface area contributed by atoms with Gasteiger partial charge in [-0.15, -0.1) is 4.33 Å². The number of carbonyl (C=O) groups is 2. The zero-order valence-electron chi connectivity index (χ0n) is 25.1. The maximum absolute atomic E-state index is 14.3. The van der Waals surface area contributed by atoms with E-state index >= 15 is 0 Å². The first-order valence-electron chi connectivity index (χ1n) is 14.2. The van der Waals surface area contributed by atoms with Crippen molar-refractivity contribution in [1.29, 1.82) is 0 Å². The number of esters is 2. The zero-order valence-corrected chi connectivity index (χ0v) is 25.9. The highest BCUT2D eigenvalue weighted by Crippen LogP contribution is 2.43. The predicted molar refractivity (Wildman–Crippen MR) is 167 cm³/mol. The summed E-state index contributed by atoms with van der Waals surface area (Å²) in [6.07, 6.45) is 0. The smallest absolute Gasteiger partial charge is 0.365 e. The molecule has 0 amide bonds. The third kappa shape index (κ3) is 6.62. The molecule has 240 valence electrons. The summed E-state index contributed by atoms with van der Waals surface area (Å²) in [4.78, 5) is 37.4. The van der Waals surface area contributed by atoms with Crippen molar-refractivity contribution in [2.75, 3.05) is 27.4 Å². The molecule has 3 aromatic carbocycles. The van der Waals surface area contributed by atoms with Crippen molar-refractivity contribution in [2.24, 2.45) is 0 Å². The molecule has 1 aliphatic rings. The summed E-state index contributed by atoms with van der Waals surface area (Å²) in [6, 6.07) is 25.2. The highest BCUT2D eigenvalue weighted by Gasteiger charge is 2.37. The molecule has 5 aromatic rings. The third-order valence-electron chi connectivity index (χ3n) is 7.07. The highest BCUT2D eigenvalue weighted by molar-refractivity contribution is 7.94. The van der Waals surface area contributed by atoms with Crippen molar-refractivity contribution in [1.82, 2.24) is 14.5 Å². The van der Waals surface area contributed by atoms with Crippen LogP contribution in [-0.2, 0) is 20.7 Å². The van der Waals surface area contributed by atoms with Gasteiger partial charge in [0, 0.05) is 17.0 Å². The number of rotatable bonds is 11. The fraction of sp³-hybridized carbons (Fsp3) is 0.152. The SMILES string of the molecule is COC(=O)c1c2c(c(C(=O)Oc3nc(-c4ccccc4)nc(OC)c3-c3ccccc3)n1Cc1ccc(SOOO)cc1)OCCO2. The van der Waals surface area contributed by atoms with E-state index in [1.165, 1.54) is 18.8 Å². The molecule has 0 saturated carbocycles. The molecular weight excluding hydrogens is 630 g/mol. The van der Waals surface area contributed by atoms with Gasteiger partial charge in [0.05, 0.1) is 26.3 Å². The first-order valence-corrected chi connectivity index (χ1v) is 14.9. The summed E-state index contributed by atoms with van der Waals surface area (Å²) in [5.74, 6) is -1.14. The predicted octanol–water partition coefficient (Wildman–Crippen LogP) is 5.87. The van der Waals surface area contributed by atoms with Crippen molar-refractivity contribution in [3.63, 3.8) is 0 Å². The van der Waals surface area contributed by atoms with Crippen LogP contribution in [0, 0.1) is 0 Å². The molecule has 0 spiro atoms. The summed E-state index contributed by atoms with van der Waals surface area (Å²) >= 11 is 0.791. The monoisotopic (exact) mass is 657 g/mol. The lowest BCUT2D eigenvalue weighted by atomic mass is 10.1. The minimum atomic E-state index is -0.875. The Labute approximate surface area is 272 Å². The van der Waals surface area contributed by atoms with E-state index in [-0.39, 0.29) is 60.2 Å². The van der Waals surface area contributed by atoms with E-state index in [0.29, 0.717) is 27.1 Å². The number of fused-ring (bicyclic) bond motifs is 1. The van der Waals surface area contributed by atoms with Gasteiger partial charge in [-0.05, 0) is 23.3 Å². The Morgan fingerprint density at radius 2 is 1.40 bits per heavy atom. The van der Waals surface area contributed by atoms with Gasteiger partial charge in [-0.1, -0.05) is 77.8 Å². The Morgan fingerprint density at radius 3 is 2.00 bits per heavy atom. The van der Waals surface area contributed by atoms with Crippen LogP contribution in [0.25, 0.3) is 22.5 Å². The average molecular weight is 658 g/mol. The number of hydrogen-bond donors (Lipinski definition) is 1. The second kappa shape index (κ2) is 14.3. The molecule has 0 unspecified atom stereocenters.